The zero-order valence-electron chi connectivity index (χ0n) is 9.31. The number of rotatable bonds is 2. The zero-order chi connectivity index (χ0) is 10.8. The average Bonchev–Trinajstić information content (AvgIpc) is 2.63. The Morgan fingerprint density at radius 2 is 2.33 bits per heavy atom. The maximum Gasteiger partial charge on any atom is 0.232 e. The van der Waals surface area contributed by atoms with Crippen LogP contribution in [0.3, 0.4) is 0 Å². The second kappa shape index (κ2) is 4.72. The number of hydrogen-bond donors (Lipinski definition) is 0. The predicted octanol–water partition coefficient (Wildman–Crippen LogP) is -0.109. The van der Waals surface area contributed by atoms with Crippen molar-refractivity contribution in [2.75, 3.05) is 45.3 Å². The standard InChI is InChI=1S/C10H18N2O2S/c1-11-3-4-14-9-6-12(5-8(9)11)10(13)7-15-2/h8-9H,3-7H2,1-2H3. The smallest absolute Gasteiger partial charge is 0.232 e. The van der Waals surface area contributed by atoms with Gasteiger partial charge in [0.05, 0.1) is 24.5 Å². The van der Waals surface area contributed by atoms with Crippen LogP contribution in [0, 0.1) is 0 Å². The lowest BCUT2D eigenvalue weighted by molar-refractivity contribution is -0.127. The highest BCUT2D eigenvalue weighted by atomic mass is 32.2. The third-order valence-corrected chi connectivity index (χ3v) is 3.74. The number of fused-ring (bicyclic) bond motifs is 1. The van der Waals surface area contributed by atoms with E-state index in [0.29, 0.717) is 11.8 Å². The van der Waals surface area contributed by atoms with Crippen LogP contribution in [0.5, 0.6) is 0 Å². The van der Waals surface area contributed by atoms with Gasteiger partial charge in [0.15, 0.2) is 0 Å². The van der Waals surface area contributed by atoms with Crippen molar-refractivity contribution in [3.05, 3.63) is 0 Å². The van der Waals surface area contributed by atoms with Crippen molar-refractivity contribution in [1.29, 1.82) is 0 Å². The summed E-state index contributed by atoms with van der Waals surface area (Å²) < 4.78 is 5.69. The van der Waals surface area contributed by atoms with E-state index in [4.69, 9.17) is 4.74 Å². The van der Waals surface area contributed by atoms with Gasteiger partial charge in [0.25, 0.3) is 0 Å². The third kappa shape index (κ3) is 2.29. The third-order valence-electron chi connectivity index (χ3n) is 3.20. The summed E-state index contributed by atoms with van der Waals surface area (Å²) in [5.41, 5.74) is 0. The normalized spacial score (nSPS) is 31.7. The van der Waals surface area contributed by atoms with Crippen LogP contribution in [0.25, 0.3) is 0 Å². The fourth-order valence-corrected chi connectivity index (χ4v) is 2.71. The summed E-state index contributed by atoms with van der Waals surface area (Å²) in [6.07, 6.45) is 2.19. The molecule has 2 aliphatic heterocycles. The van der Waals surface area contributed by atoms with Gasteiger partial charge in [0.1, 0.15) is 0 Å². The molecule has 0 aliphatic carbocycles. The first-order chi connectivity index (χ1) is 7.22. The maximum absolute atomic E-state index is 11.7. The Morgan fingerprint density at radius 1 is 1.53 bits per heavy atom. The molecule has 86 valence electrons. The van der Waals surface area contributed by atoms with E-state index in [1.54, 1.807) is 11.8 Å². The minimum Gasteiger partial charge on any atom is -0.373 e. The summed E-state index contributed by atoms with van der Waals surface area (Å²) in [7, 11) is 2.11. The molecule has 2 atom stereocenters. The second-order valence-electron chi connectivity index (χ2n) is 4.19. The highest BCUT2D eigenvalue weighted by Gasteiger charge is 2.39. The summed E-state index contributed by atoms with van der Waals surface area (Å²) in [5.74, 6) is 0.831. The first-order valence-electron chi connectivity index (χ1n) is 5.31. The van der Waals surface area contributed by atoms with Crippen LogP contribution in [-0.4, -0.2) is 73.2 Å². The number of likely N-dealkylation sites (N-methyl/N-ethyl adjacent to an activating group) is 1. The Kier molecular flexibility index (Phi) is 3.53. The lowest BCUT2D eigenvalue weighted by Crippen LogP contribution is -2.48. The fraction of sp³-hybridized carbons (Fsp3) is 0.900. The molecule has 0 aromatic carbocycles. The Bertz CT molecular complexity index is 250. The molecular weight excluding hydrogens is 212 g/mol. The predicted molar refractivity (Wildman–Crippen MR) is 61.1 cm³/mol. The highest BCUT2D eigenvalue weighted by molar-refractivity contribution is 7.99. The molecule has 0 bridgehead atoms. The molecule has 0 spiro atoms. The SMILES string of the molecule is CSCC(=O)N1CC2OCCN(C)C2C1. The summed E-state index contributed by atoms with van der Waals surface area (Å²) >= 11 is 1.59. The number of thioether (sulfide) groups is 1. The van der Waals surface area contributed by atoms with Crippen LogP contribution in [-0.2, 0) is 9.53 Å². The van der Waals surface area contributed by atoms with Gasteiger partial charge in [-0.25, -0.2) is 0 Å². The van der Waals surface area contributed by atoms with E-state index in [-0.39, 0.29) is 12.0 Å². The summed E-state index contributed by atoms with van der Waals surface area (Å²) in [4.78, 5) is 16.0. The van der Waals surface area contributed by atoms with Crippen molar-refractivity contribution in [2.24, 2.45) is 0 Å². The van der Waals surface area contributed by atoms with E-state index in [9.17, 15) is 4.79 Å². The Balaban J connectivity index is 1.94. The summed E-state index contributed by atoms with van der Waals surface area (Å²) in [5, 5.41) is 0. The number of ether oxygens (including phenoxy) is 1. The molecule has 0 N–H and O–H groups in total. The summed E-state index contributed by atoms with van der Waals surface area (Å²) in [6, 6.07) is 0.407. The second-order valence-corrected chi connectivity index (χ2v) is 5.05. The minimum absolute atomic E-state index is 0.231. The molecule has 4 nitrogen and oxygen atoms in total. The molecule has 2 aliphatic rings. The van der Waals surface area contributed by atoms with Crippen LogP contribution in [0.2, 0.25) is 0 Å². The zero-order valence-corrected chi connectivity index (χ0v) is 10.1. The molecule has 1 amide bonds. The molecule has 2 unspecified atom stereocenters. The fourth-order valence-electron chi connectivity index (χ4n) is 2.28. The summed E-state index contributed by atoms with van der Waals surface area (Å²) in [6.45, 7) is 3.38. The molecule has 0 aromatic rings. The van der Waals surface area contributed by atoms with Crippen LogP contribution in [0.4, 0.5) is 0 Å². The van der Waals surface area contributed by atoms with Crippen molar-refractivity contribution >= 4 is 17.7 Å². The maximum atomic E-state index is 11.7. The number of likely N-dealkylation sites (tertiary alicyclic amines) is 1. The Hall–Kier alpha value is -0.260. The molecule has 15 heavy (non-hydrogen) atoms. The van der Waals surface area contributed by atoms with E-state index >= 15 is 0 Å². The number of hydrogen-bond acceptors (Lipinski definition) is 4. The van der Waals surface area contributed by atoms with Crippen LogP contribution in [0.15, 0.2) is 0 Å². The minimum atomic E-state index is 0.231. The van der Waals surface area contributed by atoms with Gasteiger partial charge < -0.3 is 9.64 Å². The van der Waals surface area contributed by atoms with Crippen molar-refractivity contribution in [3.8, 4) is 0 Å². The molecule has 2 fully saturated rings. The number of morpholine rings is 1. The molecule has 2 rings (SSSR count). The van der Waals surface area contributed by atoms with Gasteiger partial charge in [-0.05, 0) is 13.3 Å². The average molecular weight is 230 g/mol. The first-order valence-corrected chi connectivity index (χ1v) is 6.70. The van der Waals surface area contributed by atoms with Gasteiger partial charge >= 0.3 is 0 Å². The highest BCUT2D eigenvalue weighted by Crippen LogP contribution is 2.21. The van der Waals surface area contributed by atoms with E-state index < -0.39 is 0 Å². The van der Waals surface area contributed by atoms with E-state index in [0.717, 1.165) is 26.2 Å². The molecular formula is C10H18N2O2S. The lowest BCUT2D eigenvalue weighted by atomic mass is 10.1. The molecule has 0 radical (unpaired) electrons. The van der Waals surface area contributed by atoms with Gasteiger partial charge in [-0.2, -0.15) is 11.8 Å². The van der Waals surface area contributed by atoms with Gasteiger partial charge in [-0.1, -0.05) is 0 Å². The van der Waals surface area contributed by atoms with Gasteiger partial charge in [0, 0.05) is 19.6 Å². The van der Waals surface area contributed by atoms with Crippen LogP contribution >= 0.6 is 11.8 Å². The molecule has 0 saturated carbocycles. The van der Waals surface area contributed by atoms with Crippen molar-refractivity contribution in [2.45, 2.75) is 12.1 Å². The van der Waals surface area contributed by atoms with Crippen molar-refractivity contribution in [1.82, 2.24) is 9.80 Å². The number of amides is 1. The van der Waals surface area contributed by atoms with E-state index in [1.165, 1.54) is 0 Å². The number of carbonyl (C=O) groups excluding carboxylic acids is 1. The lowest BCUT2D eigenvalue weighted by Gasteiger charge is -2.33. The molecule has 0 aromatic heterocycles. The molecule has 5 heteroatoms. The Labute approximate surface area is 94.9 Å². The first kappa shape index (κ1) is 11.2. The van der Waals surface area contributed by atoms with Crippen molar-refractivity contribution in [3.63, 3.8) is 0 Å². The van der Waals surface area contributed by atoms with E-state index in [1.807, 2.05) is 11.2 Å². The Morgan fingerprint density at radius 3 is 3.00 bits per heavy atom. The monoisotopic (exact) mass is 230 g/mol. The van der Waals surface area contributed by atoms with Gasteiger partial charge in [-0.3, -0.25) is 9.69 Å². The molecule has 2 heterocycles. The van der Waals surface area contributed by atoms with E-state index in [2.05, 4.69) is 11.9 Å². The number of carbonyl (C=O) groups is 1. The van der Waals surface area contributed by atoms with Gasteiger partial charge in [0.2, 0.25) is 5.91 Å². The molecule has 2 saturated heterocycles. The van der Waals surface area contributed by atoms with Crippen LogP contribution in [0.1, 0.15) is 0 Å². The van der Waals surface area contributed by atoms with Crippen LogP contribution < -0.4 is 0 Å². The number of nitrogens with zero attached hydrogens (tertiary/aromatic N) is 2. The van der Waals surface area contributed by atoms with Gasteiger partial charge in [-0.15, -0.1) is 0 Å². The topological polar surface area (TPSA) is 32.8 Å². The van der Waals surface area contributed by atoms with Crippen molar-refractivity contribution < 1.29 is 9.53 Å². The quantitative estimate of drug-likeness (QED) is 0.663. The largest absolute Gasteiger partial charge is 0.373 e.